The number of pyridine rings is 2. The number of benzene rings is 2. The number of sulfonamides is 1. The van der Waals surface area contributed by atoms with E-state index in [2.05, 4.69) is 19.7 Å². The number of aromatic amines is 1. The summed E-state index contributed by atoms with van der Waals surface area (Å²) in [5, 5.41) is 1.30. The number of ketones is 1. The third-order valence-electron chi connectivity index (χ3n) is 5.77. The van der Waals surface area contributed by atoms with Crippen molar-refractivity contribution in [3.8, 4) is 11.1 Å². The number of rotatable bonds is 7. The van der Waals surface area contributed by atoms with Gasteiger partial charge >= 0.3 is 0 Å². The molecule has 36 heavy (non-hydrogen) atoms. The van der Waals surface area contributed by atoms with Crippen molar-refractivity contribution in [1.82, 2.24) is 15.0 Å². The van der Waals surface area contributed by atoms with Crippen molar-refractivity contribution in [2.24, 2.45) is 0 Å². The highest BCUT2D eigenvalue weighted by molar-refractivity contribution is 7.92. The van der Waals surface area contributed by atoms with Gasteiger partial charge in [0, 0.05) is 40.5 Å². The number of carbonyl (C=O) groups excluding carboxylic acids is 1. The molecule has 0 spiro atoms. The summed E-state index contributed by atoms with van der Waals surface area (Å²) in [4.78, 5) is 24.8. The highest BCUT2D eigenvalue weighted by Gasteiger charge is 2.26. The maximum atomic E-state index is 15.2. The van der Waals surface area contributed by atoms with Crippen molar-refractivity contribution in [3.05, 3.63) is 89.9 Å². The van der Waals surface area contributed by atoms with Gasteiger partial charge in [0.05, 0.1) is 22.5 Å². The van der Waals surface area contributed by atoms with Crippen molar-refractivity contribution < 1.29 is 22.0 Å². The third kappa shape index (κ3) is 4.31. The van der Waals surface area contributed by atoms with E-state index in [-0.39, 0.29) is 11.3 Å². The average Bonchev–Trinajstić information content (AvgIpc) is 3.29. The molecule has 0 aliphatic carbocycles. The van der Waals surface area contributed by atoms with Gasteiger partial charge in [-0.2, -0.15) is 0 Å². The van der Waals surface area contributed by atoms with Crippen LogP contribution in [-0.2, 0) is 10.0 Å². The predicted octanol–water partition coefficient (Wildman–Crippen LogP) is 5.44. The average molecular weight is 507 g/mol. The zero-order valence-corrected chi connectivity index (χ0v) is 19.9. The summed E-state index contributed by atoms with van der Waals surface area (Å²) < 4.78 is 56.2. The second kappa shape index (κ2) is 9.12. The van der Waals surface area contributed by atoms with Gasteiger partial charge in [0.15, 0.2) is 5.82 Å². The van der Waals surface area contributed by atoms with E-state index in [4.69, 9.17) is 0 Å². The Bertz CT molecular complexity index is 1750. The van der Waals surface area contributed by atoms with E-state index in [1.165, 1.54) is 6.20 Å². The first-order valence-corrected chi connectivity index (χ1v) is 12.8. The number of nitrogens with one attached hydrogen (secondary N) is 2. The summed E-state index contributed by atoms with van der Waals surface area (Å²) in [5.41, 5.74) is 1.39. The molecule has 0 aliphatic rings. The molecule has 2 aromatic carbocycles. The van der Waals surface area contributed by atoms with E-state index in [9.17, 15) is 17.6 Å². The molecule has 0 aliphatic heterocycles. The van der Waals surface area contributed by atoms with Gasteiger partial charge in [-0.15, -0.1) is 0 Å². The second-order valence-corrected chi connectivity index (χ2v) is 10.1. The minimum atomic E-state index is -3.85. The van der Waals surface area contributed by atoms with Crippen LogP contribution in [0.2, 0.25) is 0 Å². The minimum Gasteiger partial charge on any atom is -0.345 e. The molecular formula is C26H20F2N4O3S. The first-order valence-electron chi connectivity index (χ1n) is 11.1. The van der Waals surface area contributed by atoms with Crippen LogP contribution in [-0.4, -0.2) is 34.9 Å². The Balaban J connectivity index is 1.57. The standard InChI is InChI=1S/C26H20F2N4O3S/c1-2-10-36(34,35)32-22-8-6-20(27)23(24(22)28)25(33)19-14-31-26-18(19)12-17(13-30-26)15-5-7-21-16(11-15)4-3-9-29-21/h3-9,11-14,32H,2,10H2,1H3,(H,30,31). The Labute approximate surface area is 205 Å². The quantitative estimate of drug-likeness (QED) is 0.286. The Hall–Kier alpha value is -4.18. The van der Waals surface area contributed by atoms with Crippen molar-refractivity contribution in [3.63, 3.8) is 0 Å². The lowest BCUT2D eigenvalue weighted by molar-refractivity contribution is 0.103. The van der Waals surface area contributed by atoms with E-state index >= 15 is 4.39 Å². The van der Waals surface area contributed by atoms with Crippen LogP contribution in [0.15, 0.2) is 67.1 Å². The Morgan fingerprint density at radius 1 is 1.06 bits per heavy atom. The number of fused-ring (bicyclic) bond motifs is 2. The maximum absolute atomic E-state index is 15.2. The van der Waals surface area contributed by atoms with Crippen LogP contribution in [0.5, 0.6) is 0 Å². The highest BCUT2D eigenvalue weighted by Crippen LogP contribution is 2.30. The van der Waals surface area contributed by atoms with E-state index in [0.717, 1.165) is 28.6 Å². The smallest absolute Gasteiger partial charge is 0.232 e. The normalized spacial score (nSPS) is 11.8. The summed E-state index contributed by atoms with van der Waals surface area (Å²) in [6, 6.07) is 13.0. The number of H-pyrrole nitrogens is 1. The number of aromatic nitrogens is 3. The van der Waals surface area contributed by atoms with Crippen molar-refractivity contribution in [2.75, 3.05) is 10.5 Å². The van der Waals surface area contributed by atoms with Gasteiger partial charge in [-0.25, -0.2) is 22.2 Å². The summed E-state index contributed by atoms with van der Waals surface area (Å²) in [6.45, 7) is 1.66. The lowest BCUT2D eigenvalue weighted by Crippen LogP contribution is -2.18. The van der Waals surface area contributed by atoms with E-state index in [0.29, 0.717) is 23.0 Å². The van der Waals surface area contributed by atoms with Crippen LogP contribution >= 0.6 is 0 Å². The van der Waals surface area contributed by atoms with Crippen LogP contribution in [0, 0.1) is 11.6 Å². The molecule has 5 aromatic rings. The van der Waals surface area contributed by atoms with Crippen LogP contribution in [0.1, 0.15) is 29.3 Å². The van der Waals surface area contributed by atoms with Crippen molar-refractivity contribution >= 4 is 43.4 Å². The first kappa shape index (κ1) is 23.6. The summed E-state index contributed by atoms with van der Waals surface area (Å²) in [7, 11) is -3.85. The molecule has 3 heterocycles. The molecular weight excluding hydrogens is 486 g/mol. The SMILES string of the molecule is CCCS(=O)(=O)Nc1ccc(F)c(C(=O)c2c[nH]c3ncc(-c4ccc5ncccc5c4)cc23)c1F. The lowest BCUT2D eigenvalue weighted by Gasteiger charge is -2.11. The molecule has 0 radical (unpaired) electrons. The third-order valence-corrected chi connectivity index (χ3v) is 7.25. The van der Waals surface area contributed by atoms with Gasteiger partial charge in [-0.1, -0.05) is 19.1 Å². The van der Waals surface area contributed by atoms with Crippen LogP contribution in [0.4, 0.5) is 14.5 Å². The Morgan fingerprint density at radius 2 is 1.89 bits per heavy atom. The van der Waals surface area contributed by atoms with Crippen LogP contribution in [0.3, 0.4) is 0 Å². The molecule has 182 valence electrons. The molecule has 5 rings (SSSR count). The van der Waals surface area contributed by atoms with Gasteiger partial charge in [0.1, 0.15) is 11.5 Å². The molecule has 0 saturated heterocycles. The Morgan fingerprint density at radius 3 is 2.69 bits per heavy atom. The highest BCUT2D eigenvalue weighted by atomic mass is 32.2. The van der Waals surface area contributed by atoms with Crippen molar-refractivity contribution in [1.29, 1.82) is 0 Å². The molecule has 0 atom stereocenters. The molecule has 2 N–H and O–H groups in total. The zero-order chi connectivity index (χ0) is 25.4. The van der Waals surface area contributed by atoms with Crippen LogP contribution in [0.25, 0.3) is 33.1 Å². The molecule has 0 fully saturated rings. The van der Waals surface area contributed by atoms with E-state index < -0.39 is 38.7 Å². The fraction of sp³-hybridized carbons (Fsp3) is 0.115. The lowest BCUT2D eigenvalue weighted by atomic mass is 9.99. The zero-order valence-electron chi connectivity index (χ0n) is 19.0. The molecule has 0 amide bonds. The maximum Gasteiger partial charge on any atom is 0.232 e. The monoisotopic (exact) mass is 506 g/mol. The molecule has 0 saturated carbocycles. The fourth-order valence-electron chi connectivity index (χ4n) is 4.07. The van der Waals surface area contributed by atoms with Gasteiger partial charge in [-0.05, 0) is 48.4 Å². The minimum absolute atomic E-state index is 0.00757. The second-order valence-electron chi connectivity index (χ2n) is 8.27. The Kier molecular flexibility index (Phi) is 5.97. The van der Waals surface area contributed by atoms with Gasteiger partial charge in [-0.3, -0.25) is 14.5 Å². The fourth-order valence-corrected chi connectivity index (χ4v) is 5.20. The summed E-state index contributed by atoms with van der Waals surface area (Å²) in [6.07, 6.45) is 4.98. The number of hydrogen-bond acceptors (Lipinski definition) is 5. The molecule has 3 aromatic heterocycles. The van der Waals surface area contributed by atoms with Gasteiger partial charge in [0.25, 0.3) is 0 Å². The van der Waals surface area contributed by atoms with Crippen LogP contribution < -0.4 is 4.72 Å². The van der Waals surface area contributed by atoms with Gasteiger partial charge in [0.2, 0.25) is 15.8 Å². The van der Waals surface area contributed by atoms with E-state index in [1.54, 1.807) is 25.4 Å². The molecule has 0 unspecified atom stereocenters. The first-order chi connectivity index (χ1) is 17.3. The summed E-state index contributed by atoms with van der Waals surface area (Å²) >= 11 is 0. The number of carbonyl (C=O) groups is 1. The number of hydrogen-bond donors (Lipinski definition) is 2. The molecule has 7 nitrogen and oxygen atoms in total. The largest absolute Gasteiger partial charge is 0.345 e. The molecule has 0 bridgehead atoms. The number of anilines is 1. The number of halogens is 2. The molecule has 10 heteroatoms. The van der Waals surface area contributed by atoms with Gasteiger partial charge < -0.3 is 4.98 Å². The van der Waals surface area contributed by atoms with Crippen molar-refractivity contribution in [2.45, 2.75) is 13.3 Å². The number of nitrogens with zero attached hydrogens (tertiary/aromatic N) is 2. The predicted molar refractivity (Wildman–Crippen MR) is 134 cm³/mol. The topological polar surface area (TPSA) is 105 Å². The van der Waals surface area contributed by atoms with E-state index in [1.807, 2.05) is 30.3 Å². The summed E-state index contributed by atoms with van der Waals surface area (Å²) in [5.74, 6) is -3.56.